The molecular weight excluding hydrogens is 418 g/mol. The van der Waals surface area contributed by atoms with E-state index in [1.807, 2.05) is 54.6 Å². The zero-order chi connectivity index (χ0) is 22.4. The van der Waals surface area contributed by atoms with E-state index in [-0.39, 0.29) is 5.75 Å². The first-order valence-electron chi connectivity index (χ1n) is 10.8. The first kappa shape index (κ1) is 22.1. The molecule has 0 radical (unpaired) electrons. The second-order valence-corrected chi connectivity index (χ2v) is 10.0. The molecule has 4 rings (SSSR count). The van der Waals surface area contributed by atoms with Crippen LogP contribution in [-0.2, 0) is 22.1 Å². The van der Waals surface area contributed by atoms with E-state index in [0.717, 1.165) is 44.0 Å². The summed E-state index contributed by atoms with van der Waals surface area (Å²) in [6, 6.07) is 25.6. The lowest BCUT2D eigenvalue weighted by Gasteiger charge is -2.36. The monoisotopic (exact) mass is 447 g/mol. The fourth-order valence-corrected chi connectivity index (χ4v) is 5.08. The number of anilines is 2. The molecule has 5 nitrogen and oxygen atoms in total. The molecule has 0 atom stereocenters. The standard InChI is InChI=1S/C26H29N3O2S/c27-26-12-11-25(29-16-14-28(15-17-29)20-23-9-5-2-6-10-23)19-24(26)21-32(30,31)18-13-22-7-3-1-4-8-22/h1-13,18-19H,14-17,20-21,27H2. The quantitative estimate of drug-likeness (QED) is 0.551. The van der Waals surface area contributed by atoms with Gasteiger partial charge in [-0.25, -0.2) is 8.42 Å². The first-order chi connectivity index (χ1) is 15.5. The van der Waals surface area contributed by atoms with Crippen LogP contribution in [0, 0.1) is 0 Å². The average molecular weight is 448 g/mol. The molecule has 2 N–H and O–H groups in total. The summed E-state index contributed by atoms with van der Waals surface area (Å²) in [6.45, 7) is 4.68. The number of piperazine rings is 1. The van der Waals surface area contributed by atoms with Gasteiger partial charge in [0.2, 0.25) is 0 Å². The molecule has 32 heavy (non-hydrogen) atoms. The van der Waals surface area contributed by atoms with Crippen LogP contribution in [0.1, 0.15) is 16.7 Å². The Morgan fingerprint density at radius 3 is 2.19 bits per heavy atom. The molecule has 0 amide bonds. The maximum atomic E-state index is 12.7. The van der Waals surface area contributed by atoms with Gasteiger partial charge in [0, 0.05) is 49.5 Å². The third-order valence-electron chi connectivity index (χ3n) is 5.74. The van der Waals surface area contributed by atoms with Crippen molar-refractivity contribution in [3.05, 3.63) is 101 Å². The lowest BCUT2D eigenvalue weighted by Crippen LogP contribution is -2.46. The van der Waals surface area contributed by atoms with Crippen LogP contribution in [0.5, 0.6) is 0 Å². The van der Waals surface area contributed by atoms with Gasteiger partial charge in [-0.1, -0.05) is 60.7 Å². The summed E-state index contributed by atoms with van der Waals surface area (Å²) in [6.07, 6.45) is 1.63. The first-order valence-corrected chi connectivity index (χ1v) is 12.6. The summed E-state index contributed by atoms with van der Waals surface area (Å²) in [5, 5.41) is 1.27. The number of hydrogen-bond donors (Lipinski definition) is 1. The SMILES string of the molecule is Nc1ccc(N2CCN(Cc3ccccc3)CC2)cc1CS(=O)(=O)C=Cc1ccccc1. The summed E-state index contributed by atoms with van der Waals surface area (Å²) in [5.41, 5.74) is 10.5. The van der Waals surface area contributed by atoms with Crippen LogP contribution in [0.2, 0.25) is 0 Å². The van der Waals surface area contributed by atoms with Crippen LogP contribution in [-0.4, -0.2) is 39.5 Å². The molecule has 3 aromatic rings. The molecule has 0 bridgehead atoms. The third kappa shape index (κ3) is 5.99. The van der Waals surface area contributed by atoms with E-state index >= 15 is 0 Å². The number of nitrogens with two attached hydrogens (primary N) is 1. The van der Waals surface area contributed by atoms with Crippen molar-refractivity contribution in [2.24, 2.45) is 0 Å². The van der Waals surface area contributed by atoms with E-state index in [2.05, 4.69) is 34.1 Å². The Morgan fingerprint density at radius 2 is 1.50 bits per heavy atom. The minimum Gasteiger partial charge on any atom is -0.398 e. The number of hydrogen-bond acceptors (Lipinski definition) is 5. The van der Waals surface area contributed by atoms with E-state index in [4.69, 9.17) is 5.73 Å². The van der Waals surface area contributed by atoms with Crippen molar-refractivity contribution in [1.29, 1.82) is 0 Å². The smallest absolute Gasteiger partial charge is 0.175 e. The highest BCUT2D eigenvalue weighted by Crippen LogP contribution is 2.25. The Hall–Kier alpha value is -3.09. The molecule has 3 aromatic carbocycles. The van der Waals surface area contributed by atoms with Gasteiger partial charge in [-0.3, -0.25) is 4.90 Å². The lowest BCUT2D eigenvalue weighted by atomic mass is 10.1. The minimum absolute atomic E-state index is 0.107. The number of nitrogens with zero attached hydrogens (tertiary/aromatic N) is 2. The molecule has 1 aliphatic heterocycles. The summed E-state index contributed by atoms with van der Waals surface area (Å²) < 4.78 is 25.3. The summed E-state index contributed by atoms with van der Waals surface area (Å²) in [7, 11) is -3.43. The maximum Gasteiger partial charge on any atom is 0.175 e. The van der Waals surface area contributed by atoms with Crippen LogP contribution in [0.3, 0.4) is 0 Å². The number of sulfone groups is 1. The van der Waals surface area contributed by atoms with Crippen molar-refractivity contribution >= 4 is 27.3 Å². The molecule has 1 fully saturated rings. The lowest BCUT2D eigenvalue weighted by molar-refractivity contribution is 0.250. The minimum atomic E-state index is -3.43. The molecular formula is C26H29N3O2S. The molecule has 0 aromatic heterocycles. The topological polar surface area (TPSA) is 66.6 Å². The highest BCUT2D eigenvalue weighted by Gasteiger charge is 2.19. The van der Waals surface area contributed by atoms with Crippen molar-refractivity contribution in [2.75, 3.05) is 36.8 Å². The van der Waals surface area contributed by atoms with Gasteiger partial charge in [0.1, 0.15) is 0 Å². The number of benzene rings is 3. The van der Waals surface area contributed by atoms with Crippen LogP contribution in [0.15, 0.2) is 84.3 Å². The molecule has 166 valence electrons. The molecule has 1 aliphatic rings. The van der Waals surface area contributed by atoms with Crippen LogP contribution >= 0.6 is 0 Å². The van der Waals surface area contributed by atoms with Crippen LogP contribution in [0.25, 0.3) is 6.08 Å². The second-order valence-electron chi connectivity index (χ2n) is 8.15. The van der Waals surface area contributed by atoms with Crippen LogP contribution in [0.4, 0.5) is 11.4 Å². The Kier molecular flexibility index (Phi) is 6.93. The Labute approximate surface area is 190 Å². The van der Waals surface area contributed by atoms with E-state index in [1.165, 1.54) is 11.0 Å². The summed E-state index contributed by atoms with van der Waals surface area (Å²) >= 11 is 0. The normalized spacial score (nSPS) is 15.3. The zero-order valence-corrected chi connectivity index (χ0v) is 18.9. The largest absolute Gasteiger partial charge is 0.398 e. The molecule has 1 saturated heterocycles. The average Bonchev–Trinajstić information content (AvgIpc) is 2.81. The predicted octanol–water partition coefficient (Wildman–Crippen LogP) is 4.18. The molecule has 1 heterocycles. The predicted molar refractivity (Wildman–Crippen MR) is 133 cm³/mol. The van der Waals surface area contributed by atoms with Crippen LogP contribution < -0.4 is 10.6 Å². The van der Waals surface area contributed by atoms with E-state index in [0.29, 0.717) is 11.3 Å². The van der Waals surface area contributed by atoms with Gasteiger partial charge < -0.3 is 10.6 Å². The third-order valence-corrected chi connectivity index (χ3v) is 7.00. The van der Waals surface area contributed by atoms with Gasteiger partial charge in [0.25, 0.3) is 0 Å². The van der Waals surface area contributed by atoms with Crippen molar-refractivity contribution in [2.45, 2.75) is 12.3 Å². The molecule has 0 aliphatic carbocycles. The van der Waals surface area contributed by atoms with E-state index in [9.17, 15) is 8.42 Å². The highest BCUT2D eigenvalue weighted by molar-refractivity contribution is 7.93. The fraction of sp³-hybridized carbons (Fsp3) is 0.231. The Morgan fingerprint density at radius 1 is 0.844 bits per heavy atom. The summed E-state index contributed by atoms with van der Waals surface area (Å²) in [5.74, 6) is -0.107. The maximum absolute atomic E-state index is 12.7. The second kappa shape index (κ2) is 10.0. The van der Waals surface area contributed by atoms with Crippen molar-refractivity contribution < 1.29 is 8.42 Å². The number of rotatable bonds is 7. The van der Waals surface area contributed by atoms with Gasteiger partial charge in [0.05, 0.1) is 5.75 Å². The van der Waals surface area contributed by atoms with Gasteiger partial charge in [0.15, 0.2) is 9.84 Å². The van der Waals surface area contributed by atoms with Gasteiger partial charge in [-0.05, 0) is 41.0 Å². The molecule has 0 unspecified atom stereocenters. The molecule has 6 heteroatoms. The van der Waals surface area contributed by atoms with Crippen molar-refractivity contribution in [1.82, 2.24) is 4.90 Å². The van der Waals surface area contributed by atoms with Gasteiger partial charge >= 0.3 is 0 Å². The summed E-state index contributed by atoms with van der Waals surface area (Å²) in [4.78, 5) is 4.75. The van der Waals surface area contributed by atoms with Gasteiger partial charge in [-0.15, -0.1) is 0 Å². The zero-order valence-electron chi connectivity index (χ0n) is 18.1. The van der Waals surface area contributed by atoms with E-state index < -0.39 is 9.84 Å². The van der Waals surface area contributed by atoms with Crippen molar-refractivity contribution in [3.8, 4) is 0 Å². The van der Waals surface area contributed by atoms with Gasteiger partial charge in [-0.2, -0.15) is 0 Å². The van der Waals surface area contributed by atoms with E-state index in [1.54, 1.807) is 6.08 Å². The Balaban J connectivity index is 1.40. The Bertz CT molecular complexity index is 1150. The number of nitrogen functional groups attached to an aromatic ring is 1. The molecule has 0 spiro atoms. The highest BCUT2D eigenvalue weighted by atomic mass is 32.2. The van der Waals surface area contributed by atoms with Crippen molar-refractivity contribution in [3.63, 3.8) is 0 Å². The fourth-order valence-electron chi connectivity index (χ4n) is 3.93. The molecule has 0 saturated carbocycles.